The second-order valence-corrected chi connectivity index (χ2v) is 6.76. The Labute approximate surface area is 155 Å². The molecule has 0 saturated heterocycles. The van der Waals surface area contributed by atoms with E-state index in [1.165, 1.54) is 0 Å². The number of hydrogen-bond acceptors (Lipinski definition) is 8. The fraction of sp³-hybridized carbons (Fsp3) is 0.400. The van der Waals surface area contributed by atoms with Gasteiger partial charge in [-0.1, -0.05) is 17.8 Å². The lowest BCUT2D eigenvalue weighted by atomic mass is 10.0. The molecule has 1 aromatic carbocycles. The van der Waals surface area contributed by atoms with E-state index in [4.69, 9.17) is 14.2 Å². The first-order valence-electron chi connectivity index (χ1n) is 7.90. The molecule has 4 rings (SSSR count). The highest BCUT2D eigenvalue weighted by Gasteiger charge is 2.45. The van der Waals surface area contributed by atoms with Crippen LogP contribution in [0, 0.1) is 0 Å². The van der Waals surface area contributed by atoms with E-state index >= 15 is 0 Å². The van der Waals surface area contributed by atoms with Crippen LogP contribution in [0.4, 0.5) is 13.2 Å². The topological polar surface area (TPSA) is 87.5 Å². The number of nitrogens with one attached hydrogen (secondary N) is 1. The largest absolute Gasteiger partial charge is 0.465 e. The van der Waals surface area contributed by atoms with Crippen molar-refractivity contribution in [2.24, 2.45) is 0 Å². The lowest BCUT2D eigenvalue weighted by Crippen LogP contribution is -2.40. The molecular formula is C15H13F3N4O4S. The van der Waals surface area contributed by atoms with Crippen LogP contribution in [-0.2, 0) is 15.7 Å². The van der Waals surface area contributed by atoms with E-state index in [0.717, 1.165) is 16.4 Å². The monoisotopic (exact) mass is 402 g/mol. The van der Waals surface area contributed by atoms with Crippen molar-refractivity contribution in [1.82, 2.24) is 14.9 Å². The van der Waals surface area contributed by atoms with Gasteiger partial charge in [-0.3, -0.25) is 4.79 Å². The number of alkyl halides is 3. The zero-order valence-electron chi connectivity index (χ0n) is 13.8. The Hall–Kier alpha value is -2.63. The Morgan fingerprint density at radius 3 is 2.89 bits per heavy atom. The summed E-state index contributed by atoms with van der Waals surface area (Å²) in [5.41, 5.74) is 3.24. The number of fused-ring (bicyclic) bond motifs is 2. The van der Waals surface area contributed by atoms with Crippen LogP contribution in [0.15, 0.2) is 23.4 Å². The van der Waals surface area contributed by atoms with Crippen molar-refractivity contribution in [3.05, 3.63) is 29.6 Å². The predicted octanol–water partition coefficient (Wildman–Crippen LogP) is 2.35. The molecule has 2 aliphatic heterocycles. The van der Waals surface area contributed by atoms with Crippen LogP contribution in [0.25, 0.3) is 0 Å². The first kappa shape index (κ1) is 17.8. The van der Waals surface area contributed by atoms with Crippen molar-refractivity contribution in [3.8, 4) is 11.5 Å². The maximum atomic E-state index is 13.2. The highest BCUT2D eigenvalue weighted by atomic mass is 32.2. The van der Waals surface area contributed by atoms with Crippen molar-refractivity contribution in [2.75, 3.05) is 18.8 Å². The van der Waals surface area contributed by atoms with Crippen LogP contribution in [0.1, 0.15) is 24.4 Å². The molecule has 1 N–H and O–H groups in total. The molecule has 0 amide bonds. The van der Waals surface area contributed by atoms with Crippen molar-refractivity contribution in [1.29, 1.82) is 0 Å². The SMILES string of the molecule is CCOC(=O)[C@@H]1Sc2nnc(C(F)(F)F)n2N[C@H]1c1ccc2c(c1)OCO2. The van der Waals surface area contributed by atoms with Crippen LogP contribution in [0.3, 0.4) is 0 Å². The molecule has 0 unspecified atom stereocenters. The molecule has 0 spiro atoms. The maximum Gasteiger partial charge on any atom is 0.453 e. The maximum absolute atomic E-state index is 13.2. The zero-order valence-corrected chi connectivity index (χ0v) is 14.6. The Morgan fingerprint density at radius 2 is 2.15 bits per heavy atom. The first-order valence-corrected chi connectivity index (χ1v) is 8.78. The number of carbonyl (C=O) groups is 1. The third kappa shape index (κ3) is 3.13. The van der Waals surface area contributed by atoms with Gasteiger partial charge in [-0.15, -0.1) is 10.2 Å². The van der Waals surface area contributed by atoms with Gasteiger partial charge >= 0.3 is 12.1 Å². The molecule has 2 aromatic rings. The first-order chi connectivity index (χ1) is 12.9. The van der Waals surface area contributed by atoms with E-state index in [1.807, 2.05) is 0 Å². The molecule has 0 bridgehead atoms. The van der Waals surface area contributed by atoms with Crippen molar-refractivity contribution in [3.63, 3.8) is 0 Å². The fourth-order valence-electron chi connectivity index (χ4n) is 2.80. The van der Waals surface area contributed by atoms with Gasteiger partial charge in [0.1, 0.15) is 5.25 Å². The second-order valence-electron chi connectivity index (χ2n) is 5.65. The summed E-state index contributed by atoms with van der Waals surface area (Å²) in [6.07, 6.45) is -4.70. The normalized spacial score (nSPS) is 20.7. The van der Waals surface area contributed by atoms with Gasteiger partial charge in [-0.25, -0.2) is 4.68 Å². The van der Waals surface area contributed by atoms with E-state index in [-0.39, 0.29) is 18.6 Å². The molecule has 2 atom stereocenters. The number of esters is 1. The number of thioether (sulfide) groups is 1. The molecule has 12 heteroatoms. The molecule has 2 aliphatic rings. The number of nitrogens with zero attached hydrogens (tertiary/aromatic N) is 3. The third-order valence-corrected chi connectivity index (χ3v) is 5.16. The average Bonchev–Trinajstić information content (AvgIpc) is 3.25. The summed E-state index contributed by atoms with van der Waals surface area (Å²) in [4.78, 5) is 12.4. The molecule has 144 valence electrons. The van der Waals surface area contributed by atoms with Gasteiger partial charge in [0.25, 0.3) is 5.82 Å². The smallest absolute Gasteiger partial charge is 0.453 e. The highest BCUT2D eigenvalue weighted by molar-refractivity contribution is 8.00. The van der Waals surface area contributed by atoms with Gasteiger partial charge in [0, 0.05) is 0 Å². The summed E-state index contributed by atoms with van der Waals surface area (Å²) >= 11 is 0.858. The summed E-state index contributed by atoms with van der Waals surface area (Å²) in [7, 11) is 0. The van der Waals surface area contributed by atoms with Crippen LogP contribution in [0.5, 0.6) is 11.5 Å². The summed E-state index contributed by atoms with van der Waals surface area (Å²) < 4.78 is 56.0. The Morgan fingerprint density at radius 1 is 1.37 bits per heavy atom. The van der Waals surface area contributed by atoms with Gasteiger partial charge in [-0.05, 0) is 24.6 Å². The number of rotatable bonds is 3. The van der Waals surface area contributed by atoms with Gasteiger partial charge in [0.15, 0.2) is 11.5 Å². The summed E-state index contributed by atoms with van der Waals surface area (Å²) in [5.74, 6) is -0.790. The molecule has 0 aliphatic carbocycles. The Kier molecular flexibility index (Phi) is 4.29. The van der Waals surface area contributed by atoms with Gasteiger partial charge in [-0.2, -0.15) is 13.2 Å². The summed E-state index contributed by atoms with van der Waals surface area (Å²) in [6, 6.07) is 4.09. The highest BCUT2D eigenvalue weighted by Crippen LogP contribution is 2.42. The predicted molar refractivity (Wildman–Crippen MR) is 86.0 cm³/mol. The zero-order chi connectivity index (χ0) is 19.2. The lowest BCUT2D eigenvalue weighted by Gasteiger charge is -2.32. The van der Waals surface area contributed by atoms with Gasteiger partial charge in [0.2, 0.25) is 11.9 Å². The minimum absolute atomic E-state index is 0.0563. The number of carbonyl (C=O) groups excluding carboxylic acids is 1. The number of ether oxygens (including phenoxy) is 3. The van der Waals surface area contributed by atoms with Crippen molar-refractivity contribution < 1.29 is 32.2 Å². The molecule has 1 aromatic heterocycles. The lowest BCUT2D eigenvalue weighted by molar-refractivity contribution is -0.147. The number of benzene rings is 1. The number of hydrogen-bond donors (Lipinski definition) is 1. The molecule has 3 heterocycles. The van der Waals surface area contributed by atoms with Crippen LogP contribution in [-0.4, -0.2) is 39.5 Å². The standard InChI is InChI=1S/C15H13F3N4O4S/c1-2-24-12(23)11-10(7-3-4-8-9(5-7)26-6-25-8)21-22-13(15(16,17)18)19-20-14(22)27-11/h3-5,10-11,21H,2,6H2,1H3/t10-,11+/m0/s1. The summed E-state index contributed by atoms with van der Waals surface area (Å²) in [5, 5.41) is 5.82. The minimum atomic E-state index is -4.70. The molecule has 0 saturated carbocycles. The Bertz CT molecular complexity index is 888. The second kappa shape index (κ2) is 6.51. The van der Waals surface area contributed by atoms with E-state index < -0.39 is 29.3 Å². The van der Waals surface area contributed by atoms with Crippen LogP contribution >= 0.6 is 11.8 Å². The van der Waals surface area contributed by atoms with E-state index in [0.29, 0.717) is 17.1 Å². The third-order valence-electron chi connectivity index (χ3n) is 3.96. The van der Waals surface area contributed by atoms with Crippen molar-refractivity contribution >= 4 is 17.7 Å². The molecular weight excluding hydrogens is 389 g/mol. The number of aromatic nitrogens is 3. The molecule has 0 fully saturated rings. The average molecular weight is 402 g/mol. The molecule has 27 heavy (non-hydrogen) atoms. The van der Waals surface area contributed by atoms with E-state index in [2.05, 4.69) is 15.6 Å². The van der Waals surface area contributed by atoms with Crippen LogP contribution < -0.4 is 14.9 Å². The molecule has 8 nitrogen and oxygen atoms in total. The minimum Gasteiger partial charge on any atom is -0.465 e. The molecule has 0 radical (unpaired) electrons. The van der Waals surface area contributed by atoms with Crippen molar-refractivity contribution in [2.45, 2.75) is 29.5 Å². The van der Waals surface area contributed by atoms with E-state index in [1.54, 1.807) is 25.1 Å². The summed E-state index contributed by atoms with van der Waals surface area (Å²) in [6.45, 7) is 1.85. The Balaban J connectivity index is 1.75. The quantitative estimate of drug-likeness (QED) is 0.783. The van der Waals surface area contributed by atoms with Gasteiger partial charge in [0.05, 0.1) is 12.6 Å². The van der Waals surface area contributed by atoms with E-state index in [9.17, 15) is 18.0 Å². The number of halogens is 3. The van der Waals surface area contributed by atoms with Gasteiger partial charge < -0.3 is 19.6 Å². The fourth-order valence-corrected chi connectivity index (χ4v) is 3.88. The van der Waals surface area contributed by atoms with Crippen LogP contribution in [0.2, 0.25) is 0 Å².